The number of phosphoric acid groups is 2. The summed E-state index contributed by atoms with van der Waals surface area (Å²) in [7, 11) is -9.92. The molecule has 0 aliphatic heterocycles. The topological polar surface area (TPSA) is 237 Å². The molecular formula is C74H140O17P2. The smallest absolute Gasteiger partial charge is 0.462 e. The Kier molecular flexibility index (Phi) is 62.5. The average molecular weight is 1360 g/mol. The van der Waals surface area contributed by atoms with Crippen molar-refractivity contribution in [2.75, 3.05) is 39.6 Å². The van der Waals surface area contributed by atoms with Crippen LogP contribution in [0.25, 0.3) is 0 Å². The van der Waals surface area contributed by atoms with E-state index < -0.39 is 97.5 Å². The number of aliphatic hydroxyl groups is 1. The summed E-state index contributed by atoms with van der Waals surface area (Å²) in [5.74, 6) is 0.153. The number of unbranched alkanes of at least 4 members (excludes halogenated alkanes) is 33. The monoisotopic (exact) mass is 1360 g/mol. The lowest BCUT2D eigenvalue weighted by Crippen LogP contribution is -2.30. The van der Waals surface area contributed by atoms with Crippen molar-refractivity contribution in [2.24, 2.45) is 17.8 Å². The predicted molar refractivity (Wildman–Crippen MR) is 377 cm³/mol. The van der Waals surface area contributed by atoms with Gasteiger partial charge in [-0.2, -0.15) is 0 Å². The molecule has 0 aliphatic carbocycles. The van der Waals surface area contributed by atoms with E-state index in [1.807, 2.05) is 0 Å². The first-order valence-corrected chi connectivity index (χ1v) is 40.7. The first-order valence-electron chi connectivity index (χ1n) is 37.7. The van der Waals surface area contributed by atoms with Gasteiger partial charge in [-0.05, 0) is 69.1 Å². The number of ether oxygens (including phenoxy) is 4. The van der Waals surface area contributed by atoms with Crippen LogP contribution < -0.4 is 0 Å². The number of rotatable bonds is 70. The van der Waals surface area contributed by atoms with Gasteiger partial charge < -0.3 is 33.8 Å². The van der Waals surface area contributed by atoms with Crippen LogP contribution in [0.15, 0.2) is 24.3 Å². The maximum Gasteiger partial charge on any atom is 0.472 e. The maximum absolute atomic E-state index is 13.1. The molecule has 7 atom stereocenters. The lowest BCUT2D eigenvalue weighted by molar-refractivity contribution is -0.161. The van der Waals surface area contributed by atoms with E-state index in [1.54, 1.807) is 0 Å². The second-order valence-electron chi connectivity index (χ2n) is 27.0. The number of esters is 4. The Morgan fingerprint density at radius 1 is 0.355 bits per heavy atom. The van der Waals surface area contributed by atoms with Gasteiger partial charge in [0.25, 0.3) is 0 Å². The molecule has 17 nitrogen and oxygen atoms in total. The van der Waals surface area contributed by atoms with E-state index in [-0.39, 0.29) is 25.7 Å². The van der Waals surface area contributed by atoms with Crippen LogP contribution in [0.2, 0.25) is 0 Å². The molecule has 3 N–H and O–H groups in total. The Morgan fingerprint density at radius 3 is 0.957 bits per heavy atom. The van der Waals surface area contributed by atoms with Gasteiger partial charge in [0, 0.05) is 25.7 Å². The highest BCUT2D eigenvalue weighted by atomic mass is 31.2. The van der Waals surface area contributed by atoms with Crippen molar-refractivity contribution < 1.29 is 80.2 Å². The Labute approximate surface area is 567 Å². The molecule has 5 unspecified atom stereocenters. The normalized spacial score (nSPS) is 14.9. The van der Waals surface area contributed by atoms with Crippen molar-refractivity contribution in [3.8, 4) is 0 Å². The van der Waals surface area contributed by atoms with Crippen molar-refractivity contribution in [1.29, 1.82) is 0 Å². The van der Waals surface area contributed by atoms with E-state index in [4.69, 9.17) is 37.0 Å². The first kappa shape index (κ1) is 90.5. The zero-order valence-corrected chi connectivity index (χ0v) is 62.0. The van der Waals surface area contributed by atoms with Gasteiger partial charge in [-0.3, -0.25) is 37.3 Å². The fourth-order valence-electron chi connectivity index (χ4n) is 10.6. The third kappa shape index (κ3) is 65.3. The number of phosphoric ester groups is 2. The van der Waals surface area contributed by atoms with Crippen molar-refractivity contribution in [3.05, 3.63) is 24.3 Å². The summed E-state index contributed by atoms with van der Waals surface area (Å²) in [4.78, 5) is 72.7. The quantitative estimate of drug-likeness (QED) is 0.0169. The molecule has 19 heteroatoms. The van der Waals surface area contributed by atoms with Crippen LogP contribution in [0.5, 0.6) is 0 Å². The van der Waals surface area contributed by atoms with Gasteiger partial charge in [0.2, 0.25) is 0 Å². The molecule has 0 radical (unpaired) electrons. The lowest BCUT2D eigenvalue weighted by Gasteiger charge is -2.21. The van der Waals surface area contributed by atoms with E-state index in [2.05, 4.69) is 72.8 Å². The molecule has 93 heavy (non-hydrogen) atoms. The molecular weight excluding hydrogens is 1220 g/mol. The zero-order chi connectivity index (χ0) is 68.7. The van der Waals surface area contributed by atoms with Gasteiger partial charge in [0.05, 0.1) is 26.4 Å². The predicted octanol–water partition coefficient (Wildman–Crippen LogP) is 21.0. The largest absolute Gasteiger partial charge is 0.472 e. The van der Waals surface area contributed by atoms with Crippen LogP contribution in [0.4, 0.5) is 0 Å². The summed E-state index contributed by atoms with van der Waals surface area (Å²) in [6.45, 7) is 11.8. The van der Waals surface area contributed by atoms with E-state index in [1.165, 1.54) is 135 Å². The highest BCUT2D eigenvalue weighted by Crippen LogP contribution is 2.45. The van der Waals surface area contributed by atoms with Gasteiger partial charge in [0.1, 0.15) is 19.3 Å². The standard InChI is InChI=1S/C74H140O17P2/c1-8-11-12-13-14-15-16-17-18-19-20-27-34-41-48-55-71(76)84-61-69(90-73(78)57-50-43-35-28-23-21-25-32-39-46-53-66(6)9-2)63-88-92(80,81)86-59-68(75)60-87-93(82,83)89-64-70(62-85-72(77)56-49-42-37-30-31-38-45-52-65(4)5)91-74(79)58-51-44-36-29-24-22-26-33-40-47-54-67(7)10-3/h15-18,65-70,75H,8-14,19-64H2,1-7H3,(H,80,81)(H,82,83)/b16-15-,18-17-/t66?,67?,68?,69-,70-/m1/s1. The second kappa shape index (κ2) is 64.2. The van der Waals surface area contributed by atoms with Gasteiger partial charge in [-0.25, -0.2) is 9.13 Å². The average Bonchev–Trinajstić information content (AvgIpc) is 1.66. The Balaban J connectivity index is 5.30. The van der Waals surface area contributed by atoms with Gasteiger partial charge in [-0.15, -0.1) is 0 Å². The van der Waals surface area contributed by atoms with E-state index in [9.17, 15) is 43.2 Å². The van der Waals surface area contributed by atoms with Crippen LogP contribution in [-0.2, 0) is 65.4 Å². The SMILES string of the molecule is CCCCCC/C=C\C=C/CCCCCCCC(=O)OC[C@H](COP(=O)(O)OCC(O)COP(=O)(O)OC[C@@H](COC(=O)CCCCCCCCCC(C)C)OC(=O)CCCCCCCCCCCCC(C)CC)OC(=O)CCCCCCCCCCCCC(C)CC. The molecule has 0 aliphatic rings. The van der Waals surface area contributed by atoms with Crippen LogP contribution >= 0.6 is 15.6 Å². The number of carbonyl (C=O) groups excluding carboxylic acids is 4. The molecule has 0 spiro atoms. The molecule has 0 heterocycles. The lowest BCUT2D eigenvalue weighted by atomic mass is 9.99. The third-order valence-corrected chi connectivity index (χ3v) is 19.1. The summed E-state index contributed by atoms with van der Waals surface area (Å²) < 4.78 is 68.4. The molecule has 0 saturated heterocycles. The third-order valence-electron chi connectivity index (χ3n) is 17.2. The second-order valence-corrected chi connectivity index (χ2v) is 29.9. The zero-order valence-electron chi connectivity index (χ0n) is 60.2. The summed E-state index contributed by atoms with van der Waals surface area (Å²) in [5, 5.41) is 10.6. The summed E-state index contributed by atoms with van der Waals surface area (Å²) in [6, 6.07) is 0. The highest BCUT2D eigenvalue weighted by molar-refractivity contribution is 7.47. The molecule has 0 aromatic rings. The van der Waals surface area contributed by atoms with Crippen LogP contribution in [-0.4, -0.2) is 96.7 Å². The van der Waals surface area contributed by atoms with Gasteiger partial charge in [0.15, 0.2) is 12.2 Å². The number of hydrogen-bond acceptors (Lipinski definition) is 15. The molecule has 0 rings (SSSR count). The van der Waals surface area contributed by atoms with E-state index >= 15 is 0 Å². The van der Waals surface area contributed by atoms with Crippen molar-refractivity contribution >= 4 is 39.5 Å². The molecule has 548 valence electrons. The van der Waals surface area contributed by atoms with Crippen LogP contribution in [0, 0.1) is 17.8 Å². The first-order chi connectivity index (χ1) is 44.8. The Morgan fingerprint density at radius 2 is 0.634 bits per heavy atom. The Hall–Kier alpha value is -2.46. The van der Waals surface area contributed by atoms with E-state index in [0.29, 0.717) is 31.6 Å². The van der Waals surface area contributed by atoms with Crippen molar-refractivity contribution in [2.45, 2.75) is 369 Å². The fourth-order valence-corrected chi connectivity index (χ4v) is 12.2. The fraction of sp³-hybridized carbons (Fsp3) is 0.892. The minimum atomic E-state index is -4.96. The number of hydrogen-bond donors (Lipinski definition) is 3. The molecule has 0 saturated carbocycles. The number of carbonyl (C=O) groups is 4. The van der Waals surface area contributed by atoms with Crippen LogP contribution in [0.1, 0.15) is 350 Å². The molecule has 0 aromatic heterocycles. The summed E-state index contributed by atoms with van der Waals surface area (Å²) >= 11 is 0. The summed E-state index contributed by atoms with van der Waals surface area (Å²) in [6.07, 6.45) is 52.0. The Bertz CT molecular complexity index is 1920. The van der Waals surface area contributed by atoms with Crippen LogP contribution in [0.3, 0.4) is 0 Å². The van der Waals surface area contributed by atoms with Gasteiger partial charge >= 0.3 is 39.5 Å². The van der Waals surface area contributed by atoms with Crippen molar-refractivity contribution in [1.82, 2.24) is 0 Å². The van der Waals surface area contributed by atoms with E-state index in [0.717, 1.165) is 127 Å². The molecule has 0 bridgehead atoms. The molecule has 0 fully saturated rings. The molecule has 0 amide bonds. The van der Waals surface area contributed by atoms with Crippen molar-refractivity contribution in [3.63, 3.8) is 0 Å². The maximum atomic E-state index is 13.1. The minimum Gasteiger partial charge on any atom is -0.462 e. The number of aliphatic hydroxyl groups excluding tert-OH is 1. The van der Waals surface area contributed by atoms with Gasteiger partial charge in [-0.1, -0.05) is 297 Å². The minimum absolute atomic E-state index is 0.0989. The molecule has 0 aromatic carbocycles. The highest BCUT2D eigenvalue weighted by Gasteiger charge is 2.30. The number of allylic oxidation sites excluding steroid dienone is 4. The summed E-state index contributed by atoms with van der Waals surface area (Å²) in [5.41, 5.74) is 0.